The lowest BCUT2D eigenvalue weighted by molar-refractivity contribution is -0.384. The van der Waals surface area contributed by atoms with Crippen LogP contribution < -0.4 is 5.32 Å². The zero-order valence-corrected chi connectivity index (χ0v) is 14.2. The zero-order chi connectivity index (χ0) is 19.4. The van der Waals surface area contributed by atoms with E-state index in [2.05, 4.69) is 10.1 Å². The zero-order valence-electron chi connectivity index (χ0n) is 14.2. The first kappa shape index (κ1) is 17.9. The van der Waals surface area contributed by atoms with Crippen molar-refractivity contribution in [3.8, 4) is 11.3 Å². The molecule has 3 aromatic rings. The summed E-state index contributed by atoms with van der Waals surface area (Å²) in [5, 5.41) is 13.8. The monoisotopic (exact) mass is 366 g/mol. The Morgan fingerprint density at radius 2 is 1.74 bits per heavy atom. The number of para-hydroxylation sites is 1. The summed E-state index contributed by atoms with van der Waals surface area (Å²) in [7, 11) is 1.28. The Balaban J connectivity index is 1.78. The van der Waals surface area contributed by atoms with Gasteiger partial charge in [0.2, 0.25) is 0 Å². The van der Waals surface area contributed by atoms with Crippen molar-refractivity contribution in [3.05, 3.63) is 82.1 Å². The van der Waals surface area contributed by atoms with Gasteiger partial charge in [0.15, 0.2) is 5.76 Å². The molecule has 1 aromatic heterocycles. The van der Waals surface area contributed by atoms with E-state index < -0.39 is 16.8 Å². The number of ether oxygens (including phenoxy) is 1. The summed E-state index contributed by atoms with van der Waals surface area (Å²) in [5.41, 5.74) is 0.977. The van der Waals surface area contributed by atoms with Crippen LogP contribution in [0.1, 0.15) is 20.9 Å². The molecule has 1 amide bonds. The van der Waals surface area contributed by atoms with E-state index in [-0.39, 0.29) is 22.8 Å². The van der Waals surface area contributed by atoms with Gasteiger partial charge in [0.05, 0.1) is 23.2 Å². The number of hydrogen-bond donors (Lipinski definition) is 1. The Morgan fingerprint density at radius 3 is 2.41 bits per heavy atom. The van der Waals surface area contributed by atoms with Crippen LogP contribution in [-0.4, -0.2) is 23.9 Å². The lowest BCUT2D eigenvalue weighted by Crippen LogP contribution is -2.11. The number of nitro groups is 1. The number of carbonyl (C=O) groups is 2. The number of methoxy groups -OCH3 is 1. The average Bonchev–Trinajstić information content (AvgIpc) is 3.18. The molecule has 0 unspecified atom stereocenters. The Hall–Kier alpha value is -3.94. The van der Waals surface area contributed by atoms with Crippen LogP contribution in [0, 0.1) is 10.1 Å². The minimum absolute atomic E-state index is 0.000181. The number of nitrogens with one attached hydrogen (secondary N) is 1. The molecule has 0 aliphatic carbocycles. The molecular formula is C19H14N2O6. The summed E-state index contributed by atoms with van der Waals surface area (Å²) in [5.74, 6) is -0.785. The maximum Gasteiger partial charge on any atom is 0.337 e. The first-order valence-electron chi connectivity index (χ1n) is 7.83. The van der Waals surface area contributed by atoms with Crippen LogP contribution in [0.25, 0.3) is 11.3 Å². The SMILES string of the molecule is COC(=O)c1ccc(NC(=O)c2ccc(-c3ccccc3[N+](=O)[O-])o2)cc1. The van der Waals surface area contributed by atoms with Gasteiger partial charge in [-0.2, -0.15) is 0 Å². The first-order chi connectivity index (χ1) is 13.0. The highest BCUT2D eigenvalue weighted by Crippen LogP contribution is 2.31. The molecule has 0 radical (unpaired) electrons. The van der Waals surface area contributed by atoms with Gasteiger partial charge in [-0.3, -0.25) is 14.9 Å². The number of furan rings is 1. The van der Waals surface area contributed by atoms with E-state index in [4.69, 9.17) is 4.42 Å². The summed E-state index contributed by atoms with van der Waals surface area (Å²) >= 11 is 0. The quantitative estimate of drug-likeness (QED) is 0.416. The van der Waals surface area contributed by atoms with Crippen molar-refractivity contribution in [2.45, 2.75) is 0 Å². The summed E-state index contributed by atoms with van der Waals surface area (Å²) in [6.45, 7) is 0. The minimum atomic E-state index is -0.523. The van der Waals surface area contributed by atoms with E-state index in [0.717, 1.165) is 0 Å². The number of anilines is 1. The second-order valence-electron chi connectivity index (χ2n) is 5.46. The third-order valence-electron chi connectivity index (χ3n) is 3.76. The molecule has 3 rings (SSSR count). The summed E-state index contributed by atoms with van der Waals surface area (Å²) in [4.78, 5) is 34.3. The average molecular weight is 366 g/mol. The highest BCUT2D eigenvalue weighted by molar-refractivity contribution is 6.03. The third kappa shape index (κ3) is 3.84. The van der Waals surface area contributed by atoms with Crippen LogP contribution in [0.3, 0.4) is 0 Å². The van der Waals surface area contributed by atoms with Gasteiger partial charge in [-0.25, -0.2) is 4.79 Å². The minimum Gasteiger partial charge on any atom is -0.465 e. The number of carbonyl (C=O) groups excluding carboxylic acids is 2. The number of amides is 1. The van der Waals surface area contributed by atoms with Gasteiger partial charge in [0.25, 0.3) is 11.6 Å². The summed E-state index contributed by atoms with van der Waals surface area (Å²) in [6.07, 6.45) is 0. The maximum absolute atomic E-state index is 12.3. The van der Waals surface area contributed by atoms with E-state index >= 15 is 0 Å². The van der Waals surface area contributed by atoms with Crippen molar-refractivity contribution < 1.29 is 23.7 Å². The normalized spacial score (nSPS) is 10.3. The number of esters is 1. The predicted molar refractivity (Wildman–Crippen MR) is 96.5 cm³/mol. The van der Waals surface area contributed by atoms with Crippen LogP contribution in [0.2, 0.25) is 0 Å². The summed E-state index contributed by atoms with van der Waals surface area (Å²) in [6, 6.07) is 15.2. The predicted octanol–water partition coefficient (Wildman–Crippen LogP) is 3.89. The van der Waals surface area contributed by atoms with Gasteiger partial charge in [-0.15, -0.1) is 0 Å². The van der Waals surface area contributed by atoms with Crippen LogP contribution in [0.4, 0.5) is 11.4 Å². The smallest absolute Gasteiger partial charge is 0.337 e. The van der Waals surface area contributed by atoms with Gasteiger partial charge in [-0.05, 0) is 42.5 Å². The molecule has 2 aromatic carbocycles. The molecule has 0 fully saturated rings. The van der Waals surface area contributed by atoms with Gasteiger partial charge in [0, 0.05) is 11.8 Å². The second-order valence-corrected chi connectivity index (χ2v) is 5.46. The van der Waals surface area contributed by atoms with E-state index in [1.165, 1.54) is 37.4 Å². The second kappa shape index (κ2) is 7.52. The standard InChI is InChI=1S/C19H14N2O6/c1-26-19(23)12-6-8-13(9-7-12)20-18(22)17-11-10-16(27-17)14-4-2-3-5-15(14)21(24)25/h2-11H,1H3,(H,20,22). The van der Waals surface area contributed by atoms with Crippen molar-refractivity contribution in [1.82, 2.24) is 0 Å². The molecule has 0 spiro atoms. The molecular weight excluding hydrogens is 352 g/mol. The fraction of sp³-hybridized carbons (Fsp3) is 0.0526. The molecule has 27 heavy (non-hydrogen) atoms. The number of nitrogens with zero attached hydrogens (tertiary/aromatic N) is 1. The molecule has 0 saturated carbocycles. The molecule has 136 valence electrons. The van der Waals surface area contributed by atoms with E-state index in [1.807, 2.05) is 0 Å². The third-order valence-corrected chi connectivity index (χ3v) is 3.76. The largest absolute Gasteiger partial charge is 0.465 e. The Morgan fingerprint density at radius 1 is 1.04 bits per heavy atom. The fourth-order valence-corrected chi connectivity index (χ4v) is 2.45. The molecule has 0 aliphatic rings. The highest BCUT2D eigenvalue weighted by atomic mass is 16.6. The topological polar surface area (TPSA) is 112 Å². The Kier molecular flexibility index (Phi) is 4.98. The molecule has 0 atom stereocenters. The molecule has 0 saturated heterocycles. The number of rotatable bonds is 5. The number of nitro benzene ring substituents is 1. The Bertz CT molecular complexity index is 1010. The van der Waals surface area contributed by atoms with Crippen LogP contribution in [-0.2, 0) is 4.74 Å². The van der Waals surface area contributed by atoms with Crippen LogP contribution in [0.15, 0.2) is 65.1 Å². The Labute approximate surface area is 153 Å². The maximum atomic E-state index is 12.3. The number of benzene rings is 2. The first-order valence-corrected chi connectivity index (χ1v) is 7.83. The number of hydrogen-bond acceptors (Lipinski definition) is 6. The van der Waals surface area contributed by atoms with Gasteiger partial charge in [-0.1, -0.05) is 12.1 Å². The van der Waals surface area contributed by atoms with Crippen molar-refractivity contribution in [2.75, 3.05) is 12.4 Å². The van der Waals surface area contributed by atoms with Crippen molar-refractivity contribution in [2.24, 2.45) is 0 Å². The van der Waals surface area contributed by atoms with E-state index in [0.29, 0.717) is 11.3 Å². The summed E-state index contributed by atoms with van der Waals surface area (Å²) < 4.78 is 10.1. The van der Waals surface area contributed by atoms with Crippen molar-refractivity contribution >= 4 is 23.3 Å². The highest BCUT2D eigenvalue weighted by Gasteiger charge is 2.19. The molecule has 8 nitrogen and oxygen atoms in total. The van der Waals surface area contributed by atoms with Crippen LogP contribution in [0.5, 0.6) is 0 Å². The lowest BCUT2D eigenvalue weighted by atomic mass is 10.1. The van der Waals surface area contributed by atoms with Gasteiger partial charge < -0.3 is 14.5 Å². The van der Waals surface area contributed by atoms with E-state index in [1.54, 1.807) is 30.3 Å². The lowest BCUT2D eigenvalue weighted by Gasteiger charge is -2.04. The molecule has 1 heterocycles. The van der Waals surface area contributed by atoms with Gasteiger partial charge in [0.1, 0.15) is 5.76 Å². The van der Waals surface area contributed by atoms with Crippen molar-refractivity contribution in [3.63, 3.8) is 0 Å². The molecule has 0 aliphatic heterocycles. The van der Waals surface area contributed by atoms with Crippen LogP contribution >= 0.6 is 0 Å². The molecule has 1 N–H and O–H groups in total. The van der Waals surface area contributed by atoms with Crippen molar-refractivity contribution in [1.29, 1.82) is 0 Å². The van der Waals surface area contributed by atoms with E-state index in [9.17, 15) is 19.7 Å². The molecule has 0 bridgehead atoms. The fourth-order valence-electron chi connectivity index (χ4n) is 2.45. The van der Waals surface area contributed by atoms with Gasteiger partial charge >= 0.3 is 5.97 Å². The molecule has 8 heteroatoms.